The Hall–Kier alpha value is -1.79. The van der Waals surface area contributed by atoms with Crippen LogP contribution >= 0.6 is 0 Å². The van der Waals surface area contributed by atoms with Crippen molar-refractivity contribution in [3.05, 3.63) is 29.8 Å². The molecule has 0 radical (unpaired) electrons. The minimum atomic E-state index is -0.634. The predicted molar refractivity (Wildman–Crippen MR) is 114 cm³/mol. The SMILES string of the molecule is CCNC(=NCC1(CCOC)CCC1)NCC(O)c1cccc(OC(C)C)c1. The summed E-state index contributed by atoms with van der Waals surface area (Å²) in [6.07, 6.45) is 4.23. The molecule has 6 nitrogen and oxygen atoms in total. The molecule has 0 heterocycles. The van der Waals surface area contributed by atoms with Gasteiger partial charge in [0.05, 0.1) is 12.2 Å². The zero-order chi connectivity index (χ0) is 20.4. The van der Waals surface area contributed by atoms with Gasteiger partial charge < -0.3 is 25.2 Å². The number of hydrogen-bond donors (Lipinski definition) is 3. The third kappa shape index (κ3) is 6.99. The average Bonchev–Trinajstić information content (AvgIpc) is 2.64. The number of hydrogen-bond acceptors (Lipinski definition) is 4. The Kier molecular flexibility index (Phi) is 9.06. The number of guanidine groups is 1. The summed E-state index contributed by atoms with van der Waals surface area (Å²) in [6.45, 7) is 8.78. The number of nitrogens with one attached hydrogen (secondary N) is 2. The van der Waals surface area contributed by atoms with E-state index in [9.17, 15) is 5.11 Å². The van der Waals surface area contributed by atoms with Gasteiger partial charge in [0.2, 0.25) is 0 Å². The molecule has 1 unspecified atom stereocenters. The summed E-state index contributed by atoms with van der Waals surface area (Å²) in [7, 11) is 1.75. The van der Waals surface area contributed by atoms with Gasteiger partial charge in [0.25, 0.3) is 0 Å². The first-order valence-electron chi connectivity index (χ1n) is 10.4. The van der Waals surface area contributed by atoms with Gasteiger partial charge >= 0.3 is 0 Å². The number of aliphatic hydroxyl groups excluding tert-OH is 1. The molecule has 1 aliphatic carbocycles. The van der Waals surface area contributed by atoms with Crippen molar-refractivity contribution in [1.29, 1.82) is 0 Å². The maximum atomic E-state index is 10.6. The molecular formula is C22H37N3O3. The molecule has 0 saturated heterocycles. The van der Waals surface area contributed by atoms with Crippen LogP contribution in [0.1, 0.15) is 58.1 Å². The highest BCUT2D eigenvalue weighted by Gasteiger charge is 2.36. The van der Waals surface area contributed by atoms with Crippen molar-refractivity contribution < 1.29 is 14.6 Å². The van der Waals surface area contributed by atoms with E-state index >= 15 is 0 Å². The van der Waals surface area contributed by atoms with Gasteiger partial charge in [-0.15, -0.1) is 0 Å². The molecule has 3 N–H and O–H groups in total. The summed E-state index contributed by atoms with van der Waals surface area (Å²) < 4.78 is 11.0. The summed E-state index contributed by atoms with van der Waals surface area (Å²) in [6, 6.07) is 7.63. The van der Waals surface area contributed by atoms with Gasteiger partial charge in [0.1, 0.15) is 5.75 Å². The third-order valence-electron chi connectivity index (χ3n) is 5.25. The Morgan fingerprint density at radius 3 is 2.68 bits per heavy atom. The summed E-state index contributed by atoms with van der Waals surface area (Å²) in [5.41, 5.74) is 1.11. The largest absolute Gasteiger partial charge is 0.491 e. The number of aliphatic hydroxyl groups is 1. The van der Waals surface area contributed by atoms with Crippen molar-refractivity contribution in [2.45, 2.75) is 58.7 Å². The fraction of sp³-hybridized carbons (Fsp3) is 0.682. The van der Waals surface area contributed by atoms with Crippen LogP contribution in [0.15, 0.2) is 29.3 Å². The molecule has 0 spiro atoms. The average molecular weight is 392 g/mol. The van der Waals surface area contributed by atoms with E-state index < -0.39 is 6.10 Å². The van der Waals surface area contributed by atoms with Crippen LogP contribution in [-0.2, 0) is 4.74 Å². The van der Waals surface area contributed by atoms with Gasteiger partial charge in [-0.25, -0.2) is 0 Å². The summed E-state index contributed by atoms with van der Waals surface area (Å²) >= 11 is 0. The molecule has 0 aliphatic heterocycles. The van der Waals surface area contributed by atoms with Gasteiger partial charge in [-0.2, -0.15) is 0 Å². The van der Waals surface area contributed by atoms with E-state index in [1.54, 1.807) is 7.11 Å². The van der Waals surface area contributed by atoms with E-state index in [-0.39, 0.29) is 11.5 Å². The van der Waals surface area contributed by atoms with Crippen molar-refractivity contribution in [3.63, 3.8) is 0 Å². The second-order valence-electron chi connectivity index (χ2n) is 7.93. The zero-order valence-electron chi connectivity index (χ0n) is 17.8. The topological polar surface area (TPSA) is 75.1 Å². The molecular weight excluding hydrogens is 354 g/mol. The monoisotopic (exact) mass is 391 g/mol. The second kappa shape index (κ2) is 11.3. The van der Waals surface area contributed by atoms with Crippen LogP contribution in [0.5, 0.6) is 5.75 Å². The van der Waals surface area contributed by atoms with Crippen LogP contribution in [0.2, 0.25) is 0 Å². The highest BCUT2D eigenvalue weighted by molar-refractivity contribution is 5.79. The fourth-order valence-electron chi connectivity index (χ4n) is 3.45. The molecule has 1 aliphatic rings. The predicted octanol–water partition coefficient (Wildman–Crippen LogP) is 3.27. The first-order chi connectivity index (χ1) is 13.5. The maximum Gasteiger partial charge on any atom is 0.191 e. The summed E-state index contributed by atoms with van der Waals surface area (Å²) in [4.78, 5) is 4.79. The normalized spacial score (nSPS) is 17.1. The number of nitrogens with zero attached hydrogens (tertiary/aromatic N) is 1. The van der Waals surface area contributed by atoms with Gasteiger partial charge in [0, 0.05) is 33.4 Å². The third-order valence-corrected chi connectivity index (χ3v) is 5.25. The Morgan fingerprint density at radius 2 is 2.07 bits per heavy atom. The van der Waals surface area contributed by atoms with Gasteiger partial charge in [-0.1, -0.05) is 18.6 Å². The van der Waals surface area contributed by atoms with Crippen LogP contribution in [-0.4, -0.2) is 50.5 Å². The van der Waals surface area contributed by atoms with E-state index in [0.717, 1.165) is 43.4 Å². The molecule has 1 atom stereocenters. The van der Waals surface area contributed by atoms with Crippen molar-refractivity contribution in [2.75, 3.05) is 33.4 Å². The molecule has 1 fully saturated rings. The first kappa shape index (κ1) is 22.5. The van der Waals surface area contributed by atoms with Crippen molar-refractivity contribution in [2.24, 2.45) is 10.4 Å². The molecule has 0 amide bonds. The molecule has 2 rings (SSSR count). The second-order valence-corrected chi connectivity index (χ2v) is 7.93. The Labute approximate surface area is 169 Å². The fourth-order valence-corrected chi connectivity index (χ4v) is 3.45. The smallest absolute Gasteiger partial charge is 0.191 e. The van der Waals surface area contributed by atoms with Crippen molar-refractivity contribution in [1.82, 2.24) is 10.6 Å². The molecule has 1 saturated carbocycles. The van der Waals surface area contributed by atoms with Crippen molar-refractivity contribution in [3.8, 4) is 5.75 Å². The summed E-state index contributed by atoms with van der Waals surface area (Å²) in [5.74, 6) is 1.53. The van der Waals surface area contributed by atoms with Crippen LogP contribution in [0.4, 0.5) is 0 Å². The van der Waals surface area contributed by atoms with Crippen LogP contribution < -0.4 is 15.4 Å². The van der Waals surface area contributed by atoms with Crippen LogP contribution in [0.3, 0.4) is 0 Å². The standard InChI is InChI=1S/C22H37N3O3/c1-5-23-21(25-16-22(10-7-11-22)12-13-27-4)24-15-20(26)18-8-6-9-19(14-18)28-17(2)3/h6,8-9,14,17,20,26H,5,7,10-13,15-16H2,1-4H3,(H2,23,24,25). The summed E-state index contributed by atoms with van der Waals surface area (Å²) in [5, 5.41) is 17.1. The Bertz CT molecular complexity index is 615. The van der Waals surface area contributed by atoms with E-state index in [1.165, 1.54) is 19.3 Å². The molecule has 28 heavy (non-hydrogen) atoms. The van der Waals surface area contributed by atoms with Gasteiger partial charge in [-0.3, -0.25) is 4.99 Å². The van der Waals surface area contributed by atoms with E-state index in [1.807, 2.05) is 45.0 Å². The molecule has 1 aromatic carbocycles. The lowest BCUT2D eigenvalue weighted by molar-refractivity contribution is 0.0778. The molecule has 1 aromatic rings. The number of benzene rings is 1. The number of aliphatic imine (C=N–C) groups is 1. The highest BCUT2D eigenvalue weighted by atomic mass is 16.5. The van der Waals surface area contributed by atoms with E-state index in [2.05, 4.69) is 10.6 Å². The lowest BCUT2D eigenvalue weighted by Crippen LogP contribution is -2.41. The van der Waals surface area contributed by atoms with E-state index in [0.29, 0.717) is 6.54 Å². The Morgan fingerprint density at radius 1 is 1.29 bits per heavy atom. The number of rotatable bonds is 11. The quantitative estimate of drug-likeness (QED) is 0.399. The van der Waals surface area contributed by atoms with Gasteiger partial charge in [0.15, 0.2) is 5.96 Å². The number of methoxy groups -OCH3 is 1. The first-order valence-corrected chi connectivity index (χ1v) is 10.4. The molecule has 0 aromatic heterocycles. The van der Waals surface area contributed by atoms with Gasteiger partial charge in [-0.05, 0) is 63.1 Å². The Balaban J connectivity index is 1.93. The zero-order valence-corrected chi connectivity index (χ0v) is 17.8. The lowest BCUT2D eigenvalue weighted by atomic mass is 9.67. The number of ether oxygens (including phenoxy) is 2. The molecule has 6 heteroatoms. The minimum Gasteiger partial charge on any atom is -0.491 e. The van der Waals surface area contributed by atoms with Crippen LogP contribution in [0.25, 0.3) is 0 Å². The van der Waals surface area contributed by atoms with Crippen molar-refractivity contribution >= 4 is 5.96 Å². The minimum absolute atomic E-state index is 0.106. The molecule has 158 valence electrons. The lowest BCUT2D eigenvalue weighted by Gasteiger charge is -2.40. The highest BCUT2D eigenvalue weighted by Crippen LogP contribution is 2.44. The van der Waals surface area contributed by atoms with Crippen LogP contribution in [0, 0.1) is 5.41 Å². The molecule has 0 bridgehead atoms. The van der Waals surface area contributed by atoms with E-state index in [4.69, 9.17) is 14.5 Å². The maximum absolute atomic E-state index is 10.6.